The molecule has 0 amide bonds. The van der Waals surface area contributed by atoms with Crippen LogP contribution in [0.5, 0.6) is 0 Å². The van der Waals surface area contributed by atoms with E-state index in [1.54, 1.807) is 0 Å². The van der Waals surface area contributed by atoms with Gasteiger partial charge in [0.2, 0.25) is 0 Å². The van der Waals surface area contributed by atoms with E-state index in [1.807, 2.05) is 31.2 Å². The van der Waals surface area contributed by atoms with Gasteiger partial charge in [0.25, 0.3) is 5.91 Å². The summed E-state index contributed by atoms with van der Waals surface area (Å²) >= 11 is 0. The molecule has 1 heterocycles. The zero-order valence-electron chi connectivity index (χ0n) is 14.9. The Kier molecular flexibility index (Phi) is 4.59. The first-order chi connectivity index (χ1) is 11.4. The molecule has 0 saturated heterocycles. The summed E-state index contributed by atoms with van der Waals surface area (Å²) in [5.41, 5.74) is 4.47. The lowest BCUT2D eigenvalue weighted by molar-refractivity contribution is 0.0933. The van der Waals surface area contributed by atoms with Crippen LogP contribution in [0, 0.1) is 12.8 Å². The van der Waals surface area contributed by atoms with E-state index in [-0.39, 0.29) is 12.5 Å². The predicted octanol–water partition coefficient (Wildman–Crippen LogP) is 4.01. The number of hydrogen-bond acceptors (Lipinski definition) is 3. The fraction of sp³-hybridized carbons (Fsp3) is 0.500. The molecular weight excluding hydrogens is 300 g/mol. The van der Waals surface area contributed by atoms with Gasteiger partial charge < -0.3 is 5.11 Å². The summed E-state index contributed by atoms with van der Waals surface area (Å²) in [4.78, 5) is 12.9. The molecule has 0 bridgehead atoms. The minimum atomic E-state index is -0.164. The minimum Gasteiger partial charge on any atom is -0.390 e. The first-order valence-corrected chi connectivity index (χ1v) is 8.78. The Morgan fingerprint density at radius 1 is 1.29 bits per heavy atom. The quantitative estimate of drug-likeness (QED) is 0.927. The second-order valence-corrected chi connectivity index (χ2v) is 7.32. The molecule has 0 radical (unpaired) electrons. The zero-order chi connectivity index (χ0) is 17.4. The Balaban J connectivity index is 2.10. The molecule has 2 aromatic rings. The lowest BCUT2D eigenvalue weighted by Crippen LogP contribution is -2.17. The van der Waals surface area contributed by atoms with Gasteiger partial charge in [-0.2, -0.15) is 9.78 Å². The SMILES string of the molecule is Cc1ccc(C(=O)n2nc3c(c2CO)[C@H](C)CC[C@H]3C(C)C)cc1. The molecule has 1 aromatic heterocycles. The van der Waals surface area contributed by atoms with E-state index in [1.165, 1.54) is 4.68 Å². The monoisotopic (exact) mass is 326 g/mol. The molecule has 24 heavy (non-hydrogen) atoms. The van der Waals surface area contributed by atoms with Crippen molar-refractivity contribution in [2.24, 2.45) is 5.92 Å². The largest absolute Gasteiger partial charge is 0.390 e. The van der Waals surface area contributed by atoms with Crippen molar-refractivity contribution in [3.05, 3.63) is 52.3 Å². The van der Waals surface area contributed by atoms with Gasteiger partial charge in [-0.1, -0.05) is 38.5 Å². The summed E-state index contributed by atoms with van der Waals surface area (Å²) in [6.07, 6.45) is 2.17. The van der Waals surface area contributed by atoms with Crippen molar-refractivity contribution in [3.8, 4) is 0 Å². The fourth-order valence-electron chi connectivity index (χ4n) is 3.79. The van der Waals surface area contributed by atoms with Crippen LogP contribution in [0.3, 0.4) is 0 Å². The van der Waals surface area contributed by atoms with Gasteiger partial charge >= 0.3 is 0 Å². The number of aromatic nitrogens is 2. The molecular formula is C20H26N2O2. The number of hydrogen-bond donors (Lipinski definition) is 1. The summed E-state index contributed by atoms with van der Waals surface area (Å²) in [5.74, 6) is 0.995. The summed E-state index contributed by atoms with van der Waals surface area (Å²) in [7, 11) is 0. The van der Waals surface area contributed by atoms with Gasteiger partial charge in [0.05, 0.1) is 18.0 Å². The van der Waals surface area contributed by atoms with Gasteiger partial charge in [-0.05, 0) is 43.7 Å². The number of aliphatic hydroxyl groups is 1. The second kappa shape index (κ2) is 6.52. The van der Waals surface area contributed by atoms with Crippen LogP contribution >= 0.6 is 0 Å². The third kappa shape index (κ3) is 2.80. The second-order valence-electron chi connectivity index (χ2n) is 7.32. The summed E-state index contributed by atoms with van der Waals surface area (Å²) in [5, 5.41) is 14.6. The highest BCUT2D eigenvalue weighted by Gasteiger charge is 2.34. The highest BCUT2D eigenvalue weighted by molar-refractivity contribution is 5.96. The third-order valence-corrected chi connectivity index (χ3v) is 5.25. The number of aliphatic hydroxyl groups excluding tert-OH is 1. The zero-order valence-corrected chi connectivity index (χ0v) is 14.9. The average Bonchev–Trinajstić information content (AvgIpc) is 2.95. The molecule has 0 aliphatic heterocycles. The van der Waals surface area contributed by atoms with Crippen LogP contribution in [-0.2, 0) is 6.61 Å². The van der Waals surface area contributed by atoms with Gasteiger partial charge in [0, 0.05) is 17.0 Å². The molecule has 1 aliphatic carbocycles. The van der Waals surface area contributed by atoms with Gasteiger partial charge in [-0.3, -0.25) is 4.79 Å². The van der Waals surface area contributed by atoms with E-state index in [0.717, 1.165) is 29.7 Å². The maximum absolute atomic E-state index is 12.9. The normalized spacial score (nSPS) is 20.2. The summed E-state index contributed by atoms with van der Waals surface area (Å²) in [6.45, 7) is 8.40. The van der Waals surface area contributed by atoms with Gasteiger partial charge in [-0.25, -0.2) is 0 Å². The smallest absolute Gasteiger partial charge is 0.278 e. The predicted molar refractivity (Wildman–Crippen MR) is 94.3 cm³/mol. The molecule has 2 atom stereocenters. The molecule has 1 aliphatic rings. The molecule has 1 aromatic carbocycles. The van der Waals surface area contributed by atoms with Crippen LogP contribution < -0.4 is 0 Å². The van der Waals surface area contributed by atoms with Crippen LogP contribution in [-0.4, -0.2) is 20.8 Å². The van der Waals surface area contributed by atoms with Crippen LogP contribution in [0.2, 0.25) is 0 Å². The molecule has 3 rings (SSSR count). The van der Waals surface area contributed by atoms with Crippen molar-refractivity contribution in [1.29, 1.82) is 0 Å². The van der Waals surface area contributed by atoms with E-state index in [2.05, 4.69) is 25.9 Å². The Labute approximate surface area is 143 Å². The lowest BCUT2D eigenvalue weighted by atomic mass is 9.76. The number of fused-ring (bicyclic) bond motifs is 1. The summed E-state index contributed by atoms with van der Waals surface area (Å²) < 4.78 is 1.44. The molecule has 0 fully saturated rings. The highest BCUT2D eigenvalue weighted by atomic mass is 16.3. The van der Waals surface area contributed by atoms with Crippen molar-refractivity contribution in [3.63, 3.8) is 0 Å². The molecule has 0 spiro atoms. The number of aryl methyl sites for hydroxylation is 1. The number of benzene rings is 1. The average molecular weight is 326 g/mol. The molecule has 128 valence electrons. The van der Waals surface area contributed by atoms with E-state index >= 15 is 0 Å². The van der Waals surface area contributed by atoms with E-state index in [0.29, 0.717) is 29.0 Å². The van der Waals surface area contributed by atoms with E-state index < -0.39 is 0 Å². The molecule has 4 heteroatoms. The van der Waals surface area contributed by atoms with Crippen molar-refractivity contribution in [2.45, 2.75) is 59.0 Å². The van der Waals surface area contributed by atoms with E-state index in [4.69, 9.17) is 0 Å². The van der Waals surface area contributed by atoms with Gasteiger partial charge in [0.15, 0.2) is 0 Å². The maximum Gasteiger partial charge on any atom is 0.278 e. The van der Waals surface area contributed by atoms with Crippen molar-refractivity contribution in [1.82, 2.24) is 9.78 Å². The maximum atomic E-state index is 12.9. The lowest BCUT2D eigenvalue weighted by Gasteiger charge is -2.28. The standard InChI is InChI=1S/C20H26N2O2/c1-12(2)16-10-7-14(4)18-17(11-23)22(21-19(16)18)20(24)15-8-5-13(3)6-9-15/h5-6,8-9,12,14,16,23H,7,10-11H2,1-4H3/t14-,16+/m1/s1. The first kappa shape index (κ1) is 16.9. The minimum absolute atomic E-state index is 0.158. The van der Waals surface area contributed by atoms with E-state index in [9.17, 15) is 9.90 Å². The molecule has 0 unspecified atom stereocenters. The van der Waals surface area contributed by atoms with Crippen LogP contribution in [0.4, 0.5) is 0 Å². The molecule has 0 saturated carbocycles. The first-order valence-electron chi connectivity index (χ1n) is 8.78. The van der Waals surface area contributed by atoms with Crippen molar-refractivity contribution in [2.75, 3.05) is 0 Å². The number of nitrogens with zero attached hydrogens (tertiary/aromatic N) is 2. The van der Waals surface area contributed by atoms with Crippen LogP contribution in [0.25, 0.3) is 0 Å². The van der Waals surface area contributed by atoms with Gasteiger partial charge in [-0.15, -0.1) is 0 Å². The Bertz CT molecular complexity index is 744. The molecule has 4 nitrogen and oxygen atoms in total. The van der Waals surface area contributed by atoms with Crippen molar-refractivity contribution < 1.29 is 9.90 Å². The summed E-state index contributed by atoms with van der Waals surface area (Å²) in [6, 6.07) is 7.50. The number of carbonyl (C=O) groups excluding carboxylic acids is 1. The Morgan fingerprint density at radius 3 is 2.54 bits per heavy atom. The number of rotatable bonds is 3. The van der Waals surface area contributed by atoms with Crippen LogP contribution in [0.1, 0.15) is 78.3 Å². The Morgan fingerprint density at radius 2 is 1.96 bits per heavy atom. The topological polar surface area (TPSA) is 55.1 Å². The molecule has 1 N–H and O–H groups in total. The van der Waals surface area contributed by atoms with Crippen LogP contribution in [0.15, 0.2) is 24.3 Å². The van der Waals surface area contributed by atoms with Crippen molar-refractivity contribution >= 4 is 5.91 Å². The Hall–Kier alpha value is -1.94. The third-order valence-electron chi connectivity index (χ3n) is 5.25. The number of carbonyl (C=O) groups is 1. The fourth-order valence-corrected chi connectivity index (χ4v) is 3.79. The van der Waals surface area contributed by atoms with Gasteiger partial charge in [0.1, 0.15) is 0 Å². The highest BCUT2D eigenvalue weighted by Crippen LogP contribution is 2.43.